The van der Waals surface area contributed by atoms with Crippen LogP contribution in [0.25, 0.3) is 0 Å². The van der Waals surface area contributed by atoms with E-state index in [0.717, 1.165) is 24.9 Å². The predicted molar refractivity (Wildman–Crippen MR) is 89.0 cm³/mol. The summed E-state index contributed by atoms with van der Waals surface area (Å²) in [5.74, 6) is -0.0674. The fourth-order valence-corrected chi connectivity index (χ4v) is 2.85. The number of benzene rings is 1. The molecule has 23 heavy (non-hydrogen) atoms. The van der Waals surface area contributed by atoms with E-state index in [1.165, 1.54) is 0 Å². The van der Waals surface area contributed by atoms with E-state index < -0.39 is 17.7 Å². The number of carbonyl (C=O) groups excluding carboxylic acids is 2. The summed E-state index contributed by atoms with van der Waals surface area (Å²) in [6, 6.07) is 9.51. The number of likely N-dealkylation sites (tertiary alicyclic amines) is 1. The molecule has 0 radical (unpaired) electrons. The third-order valence-electron chi connectivity index (χ3n) is 3.82. The molecular formula is C18H26N2O3. The van der Waals surface area contributed by atoms with Crippen LogP contribution in [-0.2, 0) is 9.53 Å². The van der Waals surface area contributed by atoms with Crippen LogP contribution in [0.4, 0.5) is 4.79 Å². The molecule has 1 heterocycles. The van der Waals surface area contributed by atoms with Crippen molar-refractivity contribution in [3.8, 4) is 0 Å². The topological polar surface area (TPSA) is 58.6 Å². The summed E-state index contributed by atoms with van der Waals surface area (Å²) in [5, 5.41) is 2.63. The predicted octanol–water partition coefficient (Wildman–Crippen LogP) is 3.26. The average molecular weight is 318 g/mol. The average Bonchev–Trinajstić information content (AvgIpc) is 2.94. The van der Waals surface area contributed by atoms with E-state index >= 15 is 0 Å². The Morgan fingerprint density at radius 1 is 1.26 bits per heavy atom. The van der Waals surface area contributed by atoms with Crippen molar-refractivity contribution >= 4 is 12.0 Å². The van der Waals surface area contributed by atoms with E-state index in [1.807, 2.05) is 35.2 Å². The molecule has 1 aromatic carbocycles. The lowest BCUT2D eigenvalue weighted by molar-refractivity contribution is -0.134. The zero-order valence-electron chi connectivity index (χ0n) is 14.3. The first kappa shape index (κ1) is 17.3. The molecule has 0 bridgehead atoms. The molecule has 0 spiro atoms. The number of rotatable bonds is 3. The largest absolute Gasteiger partial charge is 0.444 e. The fraction of sp³-hybridized carbons (Fsp3) is 0.556. The van der Waals surface area contributed by atoms with Crippen molar-refractivity contribution in [3.63, 3.8) is 0 Å². The number of nitrogens with zero attached hydrogens (tertiary/aromatic N) is 1. The van der Waals surface area contributed by atoms with Gasteiger partial charge in [-0.1, -0.05) is 30.3 Å². The van der Waals surface area contributed by atoms with Crippen molar-refractivity contribution in [2.75, 3.05) is 6.54 Å². The van der Waals surface area contributed by atoms with Crippen LogP contribution in [0.15, 0.2) is 30.3 Å². The first-order chi connectivity index (χ1) is 10.8. The quantitative estimate of drug-likeness (QED) is 0.930. The Balaban J connectivity index is 2.00. The van der Waals surface area contributed by atoms with E-state index in [0.29, 0.717) is 0 Å². The van der Waals surface area contributed by atoms with Gasteiger partial charge in [0, 0.05) is 6.54 Å². The maximum absolute atomic E-state index is 12.7. The highest BCUT2D eigenvalue weighted by molar-refractivity contribution is 5.85. The lowest BCUT2D eigenvalue weighted by Crippen LogP contribution is -2.47. The molecule has 1 N–H and O–H groups in total. The molecule has 5 nitrogen and oxygen atoms in total. The third-order valence-corrected chi connectivity index (χ3v) is 3.82. The monoisotopic (exact) mass is 318 g/mol. The summed E-state index contributed by atoms with van der Waals surface area (Å²) in [5.41, 5.74) is 0.565. The Bertz CT molecular complexity index is 551. The van der Waals surface area contributed by atoms with Crippen LogP contribution in [0.2, 0.25) is 0 Å². The lowest BCUT2D eigenvalue weighted by Gasteiger charge is -2.28. The number of amides is 2. The summed E-state index contributed by atoms with van der Waals surface area (Å²) in [6.07, 6.45) is 1.37. The van der Waals surface area contributed by atoms with Gasteiger partial charge in [0.15, 0.2) is 0 Å². The van der Waals surface area contributed by atoms with Gasteiger partial charge in [-0.2, -0.15) is 0 Å². The second-order valence-electron chi connectivity index (χ2n) is 6.97. The van der Waals surface area contributed by atoms with Gasteiger partial charge in [-0.3, -0.25) is 4.79 Å². The van der Waals surface area contributed by atoms with Crippen molar-refractivity contribution in [2.45, 2.75) is 58.2 Å². The van der Waals surface area contributed by atoms with Gasteiger partial charge in [0.25, 0.3) is 0 Å². The number of hydrogen-bond donors (Lipinski definition) is 1. The summed E-state index contributed by atoms with van der Waals surface area (Å²) < 4.78 is 5.21. The van der Waals surface area contributed by atoms with E-state index in [4.69, 9.17) is 4.74 Å². The van der Waals surface area contributed by atoms with Gasteiger partial charge in [-0.25, -0.2) is 4.79 Å². The first-order valence-electron chi connectivity index (χ1n) is 8.13. The third kappa shape index (κ3) is 4.71. The zero-order valence-corrected chi connectivity index (χ0v) is 14.3. The second-order valence-corrected chi connectivity index (χ2v) is 6.97. The van der Waals surface area contributed by atoms with Crippen LogP contribution in [0.5, 0.6) is 0 Å². The molecule has 0 unspecified atom stereocenters. The molecule has 2 amide bonds. The summed E-state index contributed by atoms with van der Waals surface area (Å²) >= 11 is 0. The molecule has 0 aromatic heterocycles. The van der Waals surface area contributed by atoms with Crippen LogP contribution >= 0.6 is 0 Å². The van der Waals surface area contributed by atoms with Gasteiger partial charge >= 0.3 is 6.09 Å². The van der Waals surface area contributed by atoms with Crippen molar-refractivity contribution < 1.29 is 14.3 Å². The Morgan fingerprint density at radius 3 is 2.52 bits per heavy atom. The Morgan fingerprint density at radius 2 is 1.91 bits per heavy atom. The highest BCUT2D eigenvalue weighted by Gasteiger charge is 2.33. The van der Waals surface area contributed by atoms with Crippen LogP contribution in [0.1, 0.15) is 52.1 Å². The number of ether oxygens (including phenoxy) is 1. The van der Waals surface area contributed by atoms with Gasteiger partial charge in [-0.05, 0) is 46.1 Å². The van der Waals surface area contributed by atoms with Crippen LogP contribution in [0.3, 0.4) is 0 Å². The zero-order chi connectivity index (χ0) is 17.0. The van der Waals surface area contributed by atoms with Crippen LogP contribution in [0, 0.1) is 0 Å². The Kier molecular flexibility index (Phi) is 5.29. The molecule has 126 valence electrons. The minimum Gasteiger partial charge on any atom is -0.444 e. The molecule has 2 rings (SSSR count). The molecule has 1 aliphatic heterocycles. The number of carbonyl (C=O) groups is 2. The molecule has 1 saturated heterocycles. The van der Waals surface area contributed by atoms with Crippen molar-refractivity contribution in [1.82, 2.24) is 10.2 Å². The lowest BCUT2D eigenvalue weighted by atomic mass is 10.0. The summed E-state index contributed by atoms with van der Waals surface area (Å²) in [6.45, 7) is 7.81. The number of nitrogens with one attached hydrogen (secondary N) is 1. The standard InChI is InChI=1S/C18H26N2O3/c1-13(19-17(22)23-18(2,3)4)16(21)20-12-8-11-15(20)14-9-6-5-7-10-14/h5-7,9-10,13,15H,8,11-12H2,1-4H3,(H,19,22)/t13-,15-/m1/s1. The minimum atomic E-state index is -0.603. The van der Waals surface area contributed by atoms with Crippen LogP contribution < -0.4 is 5.32 Å². The molecular weight excluding hydrogens is 292 g/mol. The van der Waals surface area contributed by atoms with Crippen molar-refractivity contribution in [1.29, 1.82) is 0 Å². The van der Waals surface area contributed by atoms with Gasteiger partial charge in [0.1, 0.15) is 11.6 Å². The van der Waals surface area contributed by atoms with Gasteiger partial charge in [0.05, 0.1) is 6.04 Å². The van der Waals surface area contributed by atoms with E-state index in [2.05, 4.69) is 5.32 Å². The first-order valence-corrected chi connectivity index (χ1v) is 8.13. The summed E-state index contributed by atoms with van der Waals surface area (Å²) in [4.78, 5) is 26.4. The Labute approximate surface area is 138 Å². The maximum Gasteiger partial charge on any atom is 0.408 e. The summed E-state index contributed by atoms with van der Waals surface area (Å²) in [7, 11) is 0. The molecule has 0 saturated carbocycles. The second kappa shape index (κ2) is 7.02. The van der Waals surface area contributed by atoms with Crippen LogP contribution in [-0.4, -0.2) is 35.1 Å². The molecule has 1 aliphatic rings. The van der Waals surface area contributed by atoms with Gasteiger partial charge in [-0.15, -0.1) is 0 Å². The smallest absolute Gasteiger partial charge is 0.408 e. The minimum absolute atomic E-state index is 0.0674. The fourth-order valence-electron chi connectivity index (χ4n) is 2.85. The normalized spacial score (nSPS) is 19.3. The molecule has 5 heteroatoms. The Hall–Kier alpha value is -2.04. The molecule has 1 fully saturated rings. The molecule has 1 aromatic rings. The van der Waals surface area contributed by atoms with Gasteiger partial charge in [0.2, 0.25) is 5.91 Å². The molecule has 2 atom stereocenters. The van der Waals surface area contributed by atoms with E-state index in [1.54, 1.807) is 27.7 Å². The van der Waals surface area contributed by atoms with Crippen molar-refractivity contribution in [3.05, 3.63) is 35.9 Å². The van der Waals surface area contributed by atoms with Gasteiger partial charge < -0.3 is 15.0 Å². The van der Waals surface area contributed by atoms with E-state index in [9.17, 15) is 9.59 Å². The van der Waals surface area contributed by atoms with Crippen molar-refractivity contribution in [2.24, 2.45) is 0 Å². The highest BCUT2D eigenvalue weighted by atomic mass is 16.6. The number of alkyl carbamates (subject to hydrolysis) is 1. The highest BCUT2D eigenvalue weighted by Crippen LogP contribution is 2.32. The number of hydrogen-bond acceptors (Lipinski definition) is 3. The molecule has 0 aliphatic carbocycles. The van der Waals surface area contributed by atoms with E-state index in [-0.39, 0.29) is 11.9 Å². The maximum atomic E-state index is 12.7. The SMILES string of the molecule is C[C@@H](NC(=O)OC(C)(C)C)C(=O)N1CCC[C@@H]1c1ccccc1.